The fourth-order valence-electron chi connectivity index (χ4n) is 1.65. The van der Waals surface area contributed by atoms with Gasteiger partial charge in [-0.05, 0) is 36.8 Å². The normalized spacial score (nSPS) is 18.9. The molecule has 1 atom stereocenters. The SMILES string of the molecule is CCNC(c1sccc1Cl)C1CC1. The molecule has 0 amide bonds. The maximum absolute atomic E-state index is 6.11. The lowest BCUT2D eigenvalue weighted by atomic mass is 10.1. The molecule has 1 heterocycles. The molecule has 0 bridgehead atoms. The van der Waals surface area contributed by atoms with Gasteiger partial charge in [0.1, 0.15) is 0 Å². The number of hydrogen-bond acceptors (Lipinski definition) is 2. The number of rotatable bonds is 4. The Morgan fingerprint density at radius 2 is 2.46 bits per heavy atom. The lowest BCUT2D eigenvalue weighted by molar-refractivity contribution is 0.504. The molecule has 0 aromatic carbocycles. The minimum absolute atomic E-state index is 0.512. The third-order valence-corrected chi connectivity index (χ3v) is 3.89. The van der Waals surface area contributed by atoms with Gasteiger partial charge in [-0.2, -0.15) is 0 Å². The summed E-state index contributed by atoms with van der Waals surface area (Å²) in [5, 5.41) is 6.52. The van der Waals surface area contributed by atoms with Gasteiger partial charge in [-0.3, -0.25) is 0 Å². The van der Waals surface area contributed by atoms with Crippen LogP contribution in [0.25, 0.3) is 0 Å². The summed E-state index contributed by atoms with van der Waals surface area (Å²) in [7, 11) is 0. The van der Waals surface area contributed by atoms with Crippen molar-refractivity contribution in [1.82, 2.24) is 5.32 Å². The largest absolute Gasteiger partial charge is 0.309 e. The summed E-state index contributed by atoms with van der Waals surface area (Å²) in [6.45, 7) is 3.17. The zero-order valence-corrected chi connectivity index (χ0v) is 9.29. The van der Waals surface area contributed by atoms with Gasteiger partial charge in [0.25, 0.3) is 0 Å². The van der Waals surface area contributed by atoms with Gasteiger partial charge in [0, 0.05) is 10.9 Å². The molecule has 0 spiro atoms. The second kappa shape index (κ2) is 3.99. The van der Waals surface area contributed by atoms with Crippen LogP contribution in [0, 0.1) is 5.92 Å². The van der Waals surface area contributed by atoms with Crippen LogP contribution in [-0.2, 0) is 0 Å². The Kier molecular flexibility index (Phi) is 2.92. The smallest absolute Gasteiger partial charge is 0.0561 e. The second-order valence-corrected chi connectivity index (χ2v) is 4.86. The summed E-state index contributed by atoms with van der Waals surface area (Å²) in [5.41, 5.74) is 0. The van der Waals surface area contributed by atoms with Crippen molar-refractivity contribution >= 4 is 22.9 Å². The summed E-state index contributed by atoms with van der Waals surface area (Å²) in [6, 6.07) is 2.51. The first kappa shape index (κ1) is 9.50. The molecule has 3 heteroatoms. The van der Waals surface area contributed by atoms with Crippen LogP contribution in [-0.4, -0.2) is 6.54 Å². The van der Waals surface area contributed by atoms with Crippen molar-refractivity contribution in [2.75, 3.05) is 6.54 Å². The van der Waals surface area contributed by atoms with Crippen molar-refractivity contribution in [3.8, 4) is 0 Å². The molecule has 1 aromatic heterocycles. The molecule has 13 heavy (non-hydrogen) atoms. The van der Waals surface area contributed by atoms with Crippen molar-refractivity contribution in [3.05, 3.63) is 21.3 Å². The predicted octanol–water partition coefficient (Wildman–Crippen LogP) is 3.46. The van der Waals surface area contributed by atoms with E-state index >= 15 is 0 Å². The molecular weight excluding hydrogens is 202 g/mol. The van der Waals surface area contributed by atoms with E-state index in [0.717, 1.165) is 17.5 Å². The highest BCUT2D eigenvalue weighted by Crippen LogP contribution is 2.44. The van der Waals surface area contributed by atoms with Crippen molar-refractivity contribution < 1.29 is 0 Å². The van der Waals surface area contributed by atoms with E-state index in [1.807, 2.05) is 6.07 Å². The summed E-state index contributed by atoms with van der Waals surface area (Å²) in [6.07, 6.45) is 2.71. The summed E-state index contributed by atoms with van der Waals surface area (Å²) in [5.74, 6) is 0.830. The van der Waals surface area contributed by atoms with E-state index in [1.54, 1.807) is 11.3 Å². The van der Waals surface area contributed by atoms with E-state index in [1.165, 1.54) is 17.7 Å². The number of thiophene rings is 1. The van der Waals surface area contributed by atoms with Crippen LogP contribution in [0.3, 0.4) is 0 Å². The Bertz CT molecular complexity index is 280. The fraction of sp³-hybridized carbons (Fsp3) is 0.600. The van der Waals surface area contributed by atoms with Gasteiger partial charge in [-0.25, -0.2) is 0 Å². The first-order chi connectivity index (χ1) is 6.33. The van der Waals surface area contributed by atoms with Crippen LogP contribution in [0.4, 0.5) is 0 Å². The first-order valence-corrected chi connectivity index (χ1v) is 6.05. The second-order valence-electron chi connectivity index (χ2n) is 3.51. The highest BCUT2D eigenvalue weighted by Gasteiger charge is 2.33. The molecule has 1 aliphatic rings. The molecule has 0 saturated heterocycles. The molecule has 1 fully saturated rings. The first-order valence-electron chi connectivity index (χ1n) is 4.79. The van der Waals surface area contributed by atoms with Crippen LogP contribution >= 0.6 is 22.9 Å². The number of halogens is 1. The molecule has 72 valence electrons. The number of hydrogen-bond donors (Lipinski definition) is 1. The molecule has 1 aliphatic carbocycles. The standard InChI is InChI=1S/C10H14ClNS/c1-2-12-9(7-3-4-7)10-8(11)5-6-13-10/h5-7,9,12H,2-4H2,1H3. The van der Waals surface area contributed by atoms with Crippen LogP contribution < -0.4 is 5.32 Å². The lowest BCUT2D eigenvalue weighted by Crippen LogP contribution is -2.21. The highest BCUT2D eigenvalue weighted by molar-refractivity contribution is 7.10. The average molecular weight is 216 g/mol. The van der Waals surface area contributed by atoms with Crippen molar-refractivity contribution in [2.24, 2.45) is 5.92 Å². The van der Waals surface area contributed by atoms with Gasteiger partial charge in [0.05, 0.1) is 5.02 Å². The fourth-order valence-corrected chi connectivity index (χ4v) is 2.99. The van der Waals surface area contributed by atoms with Gasteiger partial charge >= 0.3 is 0 Å². The Balaban J connectivity index is 2.14. The van der Waals surface area contributed by atoms with E-state index in [9.17, 15) is 0 Å². The van der Waals surface area contributed by atoms with Gasteiger partial charge in [0.15, 0.2) is 0 Å². The minimum Gasteiger partial charge on any atom is -0.309 e. The Hall–Kier alpha value is -0.0500. The van der Waals surface area contributed by atoms with Crippen LogP contribution in [0.1, 0.15) is 30.7 Å². The highest BCUT2D eigenvalue weighted by atomic mass is 35.5. The van der Waals surface area contributed by atoms with E-state index in [-0.39, 0.29) is 0 Å². The van der Waals surface area contributed by atoms with E-state index in [2.05, 4.69) is 17.6 Å². The molecule has 0 aliphatic heterocycles. The quantitative estimate of drug-likeness (QED) is 0.811. The summed E-state index contributed by atoms with van der Waals surface area (Å²) >= 11 is 7.88. The Labute approximate surface area is 88.1 Å². The number of nitrogens with one attached hydrogen (secondary N) is 1. The van der Waals surface area contributed by atoms with Crippen LogP contribution in [0.2, 0.25) is 5.02 Å². The Morgan fingerprint density at radius 3 is 2.92 bits per heavy atom. The Morgan fingerprint density at radius 1 is 1.69 bits per heavy atom. The van der Waals surface area contributed by atoms with Gasteiger partial charge in [0.2, 0.25) is 0 Å². The molecule has 2 rings (SSSR count). The third-order valence-electron chi connectivity index (χ3n) is 2.44. The van der Waals surface area contributed by atoms with Crippen molar-refractivity contribution in [1.29, 1.82) is 0 Å². The molecule has 1 aromatic rings. The molecule has 1 saturated carbocycles. The zero-order chi connectivity index (χ0) is 9.26. The van der Waals surface area contributed by atoms with Gasteiger partial charge < -0.3 is 5.32 Å². The van der Waals surface area contributed by atoms with Crippen LogP contribution in [0.5, 0.6) is 0 Å². The van der Waals surface area contributed by atoms with E-state index < -0.39 is 0 Å². The molecule has 0 radical (unpaired) electrons. The van der Waals surface area contributed by atoms with Crippen molar-refractivity contribution in [2.45, 2.75) is 25.8 Å². The molecule has 1 nitrogen and oxygen atoms in total. The third kappa shape index (κ3) is 2.06. The van der Waals surface area contributed by atoms with E-state index in [0.29, 0.717) is 6.04 Å². The maximum Gasteiger partial charge on any atom is 0.0561 e. The molecule has 1 N–H and O–H groups in total. The summed E-state index contributed by atoms with van der Waals surface area (Å²) < 4.78 is 0. The maximum atomic E-state index is 6.11. The average Bonchev–Trinajstić information content (AvgIpc) is 2.86. The molecule has 1 unspecified atom stereocenters. The van der Waals surface area contributed by atoms with Gasteiger partial charge in [-0.15, -0.1) is 11.3 Å². The lowest BCUT2D eigenvalue weighted by Gasteiger charge is -2.15. The van der Waals surface area contributed by atoms with Gasteiger partial charge in [-0.1, -0.05) is 18.5 Å². The van der Waals surface area contributed by atoms with E-state index in [4.69, 9.17) is 11.6 Å². The minimum atomic E-state index is 0.512. The zero-order valence-electron chi connectivity index (χ0n) is 7.72. The summed E-state index contributed by atoms with van der Waals surface area (Å²) in [4.78, 5) is 1.33. The topological polar surface area (TPSA) is 12.0 Å². The monoisotopic (exact) mass is 215 g/mol. The molecular formula is C10H14ClNS. The predicted molar refractivity (Wildman–Crippen MR) is 58.5 cm³/mol. The van der Waals surface area contributed by atoms with Crippen molar-refractivity contribution in [3.63, 3.8) is 0 Å². The van der Waals surface area contributed by atoms with Crippen LogP contribution in [0.15, 0.2) is 11.4 Å².